The molecule has 1 fully saturated rings. The van der Waals surface area contributed by atoms with E-state index in [1.165, 1.54) is 36.3 Å². The number of sulfonamides is 1. The lowest BCUT2D eigenvalue weighted by Gasteiger charge is -2.21. The molecule has 0 radical (unpaired) electrons. The van der Waals surface area contributed by atoms with Gasteiger partial charge in [-0.1, -0.05) is 55.3 Å². The summed E-state index contributed by atoms with van der Waals surface area (Å²) in [5.74, 6) is -1.03. The summed E-state index contributed by atoms with van der Waals surface area (Å²) in [4.78, 5) is 14.3. The van der Waals surface area contributed by atoms with E-state index in [9.17, 15) is 18.3 Å². The smallest absolute Gasteiger partial charge is 0.265 e. The number of β-amino-alcohol motifs (C(OH)–C–C–N with tert-alkyl or cyclic N) is 1. The number of methoxy groups -OCH3 is 1. The summed E-state index contributed by atoms with van der Waals surface area (Å²) in [5.41, 5.74) is 0.590. The molecule has 0 aliphatic carbocycles. The number of ether oxygens (including phenoxy) is 1. The topological polar surface area (TPSA) is 95.9 Å². The Labute approximate surface area is 227 Å². The zero-order valence-electron chi connectivity index (χ0n) is 21.4. The first-order valence-corrected chi connectivity index (χ1v) is 14.1. The number of anilines is 1. The highest BCUT2D eigenvalue weighted by Crippen LogP contribution is 2.37. The fourth-order valence-electron chi connectivity index (χ4n) is 4.61. The number of hydrogen-bond donors (Lipinski definition) is 2. The summed E-state index contributed by atoms with van der Waals surface area (Å²) in [7, 11) is -3.05. The van der Waals surface area contributed by atoms with Gasteiger partial charge < -0.3 is 14.7 Å². The molecule has 38 heavy (non-hydrogen) atoms. The number of likely N-dealkylation sites (tertiary alicyclic amines) is 1. The van der Waals surface area contributed by atoms with E-state index in [4.69, 9.17) is 16.3 Å². The molecule has 3 aromatic rings. The molecular formula is C28H30ClFN2O5S. The Morgan fingerprint density at radius 1 is 1.21 bits per heavy atom. The van der Waals surface area contributed by atoms with Gasteiger partial charge in [0.2, 0.25) is 0 Å². The first-order valence-electron chi connectivity index (χ1n) is 12.3. The second-order valence-corrected chi connectivity index (χ2v) is 11.7. The van der Waals surface area contributed by atoms with Crippen molar-refractivity contribution in [2.75, 3.05) is 24.9 Å². The average Bonchev–Trinajstić information content (AvgIpc) is 3.24. The zero-order valence-corrected chi connectivity index (χ0v) is 23.0. The molecule has 4 rings (SSSR count). The third-order valence-electron chi connectivity index (χ3n) is 6.53. The number of hydrogen-bond acceptors (Lipinski definition) is 5. The molecule has 10 heteroatoms. The first kappa shape index (κ1) is 27.9. The summed E-state index contributed by atoms with van der Waals surface area (Å²) in [6, 6.07) is 14.2. The Morgan fingerprint density at radius 3 is 2.53 bits per heavy atom. The van der Waals surface area contributed by atoms with Gasteiger partial charge in [0.1, 0.15) is 10.7 Å². The number of aliphatic hydroxyl groups is 1. The molecule has 0 unspecified atom stereocenters. The van der Waals surface area contributed by atoms with E-state index >= 15 is 4.39 Å². The van der Waals surface area contributed by atoms with E-state index in [-0.39, 0.29) is 39.0 Å². The minimum absolute atomic E-state index is 0.0479. The summed E-state index contributed by atoms with van der Waals surface area (Å²) in [6.07, 6.45) is 1.51. The lowest BCUT2D eigenvalue weighted by molar-refractivity contribution is 0.0572. The number of amides is 1. The fraction of sp³-hybridized carbons (Fsp3) is 0.321. The van der Waals surface area contributed by atoms with Crippen molar-refractivity contribution < 1.29 is 27.4 Å². The molecule has 1 atom stereocenters. The van der Waals surface area contributed by atoms with Crippen molar-refractivity contribution in [1.82, 2.24) is 4.90 Å². The van der Waals surface area contributed by atoms with Crippen LogP contribution in [0.5, 0.6) is 5.75 Å². The van der Waals surface area contributed by atoms with Gasteiger partial charge in [0.15, 0.2) is 5.75 Å². The maximum Gasteiger partial charge on any atom is 0.265 e. The molecule has 1 amide bonds. The van der Waals surface area contributed by atoms with Gasteiger partial charge in [-0.05, 0) is 55.2 Å². The van der Waals surface area contributed by atoms with Crippen LogP contribution >= 0.6 is 11.6 Å². The van der Waals surface area contributed by atoms with Crippen LogP contribution in [-0.4, -0.2) is 50.1 Å². The summed E-state index contributed by atoms with van der Waals surface area (Å²) < 4.78 is 50.3. The highest BCUT2D eigenvalue weighted by atomic mass is 35.5. The third-order valence-corrected chi connectivity index (χ3v) is 8.18. The van der Waals surface area contributed by atoms with Crippen LogP contribution in [-0.2, 0) is 16.4 Å². The molecular weight excluding hydrogens is 531 g/mol. The quantitative estimate of drug-likeness (QED) is 0.379. The van der Waals surface area contributed by atoms with E-state index in [0.717, 1.165) is 0 Å². The number of nitrogens with zero attached hydrogens (tertiary/aromatic N) is 1. The molecule has 0 bridgehead atoms. The maximum atomic E-state index is 15.0. The van der Waals surface area contributed by atoms with Crippen molar-refractivity contribution >= 4 is 33.2 Å². The van der Waals surface area contributed by atoms with Crippen LogP contribution in [0.2, 0.25) is 5.02 Å². The maximum absolute atomic E-state index is 15.0. The largest absolute Gasteiger partial charge is 0.494 e. The molecule has 1 aliphatic heterocycles. The molecule has 0 aromatic heterocycles. The monoisotopic (exact) mass is 560 g/mol. The number of aryl methyl sites for hydroxylation is 1. The normalized spacial score (nSPS) is 17.5. The second-order valence-electron chi connectivity index (χ2n) is 9.67. The Hall–Kier alpha value is -3.14. The van der Waals surface area contributed by atoms with Gasteiger partial charge in [0, 0.05) is 24.2 Å². The molecule has 1 heterocycles. The summed E-state index contributed by atoms with van der Waals surface area (Å²) in [6.45, 7) is 4.00. The minimum Gasteiger partial charge on any atom is -0.494 e. The van der Waals surface area contributed by atoms with Crippen LogP contribution in [0.25, 0.3) is 11.1 Å². The number of carbonyl (C=O) groups excluding carboxylic acids is 1. The van der Waals surface area contributed by atoms with Gasteiger partial charge in [-0.3, -0.25) is 9.52 Å². The average molecular weight is 561 g/mol. The van der Waals surface area contributed by atoms with Crippen LogP contribution < -0.4 is 9.46 Å². The molecule has 202 valence electrons. The standard InChI is InChI=1S/C28H30ClFN2O5S/c1-4-8-19-14-23(30)21(18-9-6-5-7-10-18)16-24(19)31-38(35,36)25-15-20(13-22(29)26(25)37-3)27(33)32-12-11-28(2,34)17-32/h5-7,9-10,13-16,31,34H,4,8,11-12,17H2,1-3H3/t28-/m0/s1. The highest BCUT2D eigenvalue weighted by Gasteiger charge is 2.35. The van der Waals surface area contributed by atoms with Gasteiger partial charge in [0.05, 0.1) is 23.4 Å². The fourth-order valence-corrected chi connectivity index (χ4v) is 6.28. The number of nitrogens with one attached hydrogen (secondary N) is 1. The van der Waals surface area contributed by atoms with E-state index in [1.807, 2.05) is 13.0 Å². The molecule has 1 saturated heterocycles. The molecule has 7 nitrogen and oxygen atoms in total. The van der Waals surface area contributed by atoms with E-state index in [0.29, 0.717) is 36.9 Å². The lowest BCUT2D eigenvalue weighted by atomic mass is 10.00. The molecule has 1 aliphatic rings. The minimum atomic E-state index is -4.34. The van der Waals surface area contributed by atoms with E-state index in [1.54, 1.807) is 31.2 Å². The molecule has 0 spiro atoms. The molecule has 2 N–H and O–H groups in total. The SMILES string of the molecule is CCCc1cc(F)c(-c2ccccc2)cc1NS(=O)(=O)c1cc(C(=O)N2CC[C@](C)(O)C2)cc(Cl)c1OC. The number of rotatable bonds is 8. The highest BCUT2D eigenvalue weighted by molar-refractivity contribution is 7.92. The van der Waals surface area contributed by atoms with Gasteiger partial charge >= 0.3 is 0 Å². The molecule has 0 saturated carbocycles. The van der Waals surface area contributed by atoms with Crippen molar-refractivity contribution in [1.29, 1.82) is 0 Å². The van der Waals surface area contributed by atoms with Gasteiger partial charge in [-0.25, -0.2) is 12.8 Å². The van der Waals surface area contributed by atoms with E-state index < -0.39 is 27.3 Å². The van der Waals surface area contributed by atoms with Crippen LogP contribution in [0, 0.1) is 5.82 Å². The Morgan fingerprint density at radius 2 is 1.92 bits per heavy atom. The van der Waals surface area contributed by atoms with E-state index in [2.05, 4.69) is 4.72 Å². The van der Waals surface area contributed by atoms with Crippen molar-refractivity contribution in [3.8, 4) is 16.9 Å². The molecule has 3 aromatic carbocycles. The predicted molar refractivity (Wildman–Crippen MR) is 146 cm³/mol. The number of benzene rings is 3. The first-order chi connectivity index (χ1) is 18.0. The third kappa shape index (κ3) is 5.80. The van der Waals surface area contributed by atoms with Crippen molar-refractivity contribution in [3.63, 3.8) is 0 Å². The number of carbonyl (C=O) groups is 1. The van der Waals surface area contributed by atoms with Crippen LogP contribution in [0.15, 0.2) is 59.5 Å². The van der Waals surface area contributed by atoms with Gasteiger partial charge in [-0.15, -0.1) is 0 Å². The predicted octanol–water partition coefficient (Wildman–Crippen LogP) is 5.50. The van der Waals surface area contributed by atoms with Crippen LogP contribution in [0.3, 0.4) is 0 Å². The van der Waals surface area contributed by atoms with Crippen molar-refractivity contribution in [2.45, 2.75) is 43.6 Å². The van der Waals surface area contributed by atoms with Crippen LogP contribution in [0.1, 0.15) is 42.6 Å². The van der Waals surface area contributed by atoms with Crippen LogP contribution in [0.4, 0.5) is 10.1 Å². The zero-order chi connectivity index (χ0) is 27.7. The van der Waals surface area contributed by atoms with Crippen molar-refractivity contribution in [2.24, 2.45) is 0 Å². The van der Waals surface area contributed by atoms with Gasteiger partial charge in [-0.2, -0.15) is 0 Å². The summed E-state index contributed by atoms with van der Waals surface area (Å²) in [5, 5.41) is 10.2. The lowest BCUT2D eigenvalue weighted by Crippen LogP contribution is -2.34. The number of halogens is 2. The Balaban J connectivity index is 1.77. The Bertz CT molecular complexity index is 1460. The summed E-state index contributed by atoms with van der Waals surface area (Å²) >= 11 is 6.37. The second kappa shape index (κ2) is 10.9. The van der Waals surface area contributed by atoms with Gasteiger partial charge in [0.25, 0.3) is 15.9 Å². The van der Waals surface area contributed by atoms with Crippen molar-refractivity contribution in [3.05, 3.63) is 76.6 Å². The Kier molecular flexibility index (Phi) is 8.01.